The number of hydrogen-bond donors (Lipinski definition) is 1. The number of nitrogens with zero attached hydrogens (tertiary/aromatic N) is 2. The average Bonchev–Trinajstić information content (AvgIpc) is 2.95. The maximum absolute atomic E-state index is 13.6. The smallest absolute Gasteiger partial charge is 0.264 e. The Balaban J connectivity index is 1.50. The van der Waals surface area contributed by atoms with E-state index in [-0.39, 0.29) is 22.9 Å². The van der Waals surface area contributed by atoms with E-state index in [2.05, 4.69) is 10.2 Å². The van der Waals surface area contributed by atoms with Gasteiger partial charge in [0.05, 0.1) is 24.8 Å². The minimum absolute atomic E-state index is 0.0967. The molecule has 0 unspecified atom stereocenters. The molecule has 1 saturated heterocycles. The molecule has 10 heteroatoms. The number of ether oxygens (including phenoxy) is 2. The number of methoxy groups -OCH3 is 2. The van der Waals surface area contributed by atoms with Gasteiger partial charge in [-0.1, -0.05) is 12.1 Å². The second-order valence-corrected chi connectivity index (χ2v) is 10.9. The quantitative estimate of drug-likeness (QED) is 0.411. The summed E-state index contributed by atoms with van der Waals surface area (Å²) in [5.41, 5.74) is 2.21. The van der Waals surface area contributed by atoms with Gasteiger partial charge in [-0.05, 0) is 73.4 Å². The molecule has 1 fully saturated rings. The van der Waals surface area contributed by atoms with Crippen LogP contribution < -0.4 is 24.0 Å². The van der Waals surface area contributed by atoms with E-state index in [4.69, 9.17) is 9.47 Å². The highest BCUT2D eigenvalue weighted by atomic mass is 32.2. The summed E-state index contributed by atoms with van der Waals surface area (Å²) in [6.45, 7) is 1.84. The van der Waals surface area contributed by atoms with Crippen molar-refractivity contribution in [3.05, 3.63) is 78.1 Å². The van der Waals surface area contributed by atoms with Crippen LogP contribution in [0.15, 0.2) is 71.6 Å². The lowest BCUT2D eigenvalue weighted by Gasteiger charge is -2.28. The third kappa shape index (κ3) is 6.36. The molecule has 1 N–H and O–H groups in total. The maximum Gasteiger partial charge on any atom is 0.264 e. The van der Waals surface area contributed by atoms with Crippen LogP contribution in [0.5, 0.6) is 11.5 Å². The fourth-order valence-electron chi connectivity index (χ4n) is 4.39. The van der Waals surface area contributed by atoms with E-state index in [0.29, 0.717) is 5.75 Å². The molecular weight excluding hydrogens is 509 g/mol. The lowest BCUT2D eigenvalue weighted by molar-refractivity contribution is -0.119. The van der Waals surface area contributed by atoms with Crippen LogP contribution in [0.4, 0.5) is 15.8 Å². The van der Waals surface area contributed by atoms with Gasteiger partial charge in [-0.2, -0.15) is 0 Å². The van der Waals surface area contributed by atoms with E-state index in [1.165, 1.54) is 63.8 Å². The topological polar surface area (TPSA) is 88.2 Å². The monoisotopic (exact) mass is 541 g/mol. The van der Waals surface area contributed by atoms with E-state index in [9.17, 15) is 17.6 Å². The third-order valence-electron chi connectivity index (χ3n) is 6.49. The Labute approximate surface area is 223 Å². The summed E-state index contributed by atoms with van der Waals surface area (Å²) in [5, 5.41) is 2.80. The molecule has 8 nitrogen and oxygen atoms in total. The second-order valence-electron chi connectivity index (χ2n) is 9.00. The summed E-state index contributed by atoms with van der Waals surface area (Å²) >= 11 is 0. The Morgan fingerprint density at radius 1 is 0.921 bits per heavy atom. The number of piperidine rings is 1. The van der Waals surface area contributed by atoms with E-state index < -0.39 is 28.3 Å². The number of carbonyl (C=O) groups excluding carboxylic acids is 1. The Hall–Kier alpha value is -3.79. The van der Waals surface area contributed by atoms with Crippen molar-refractivity contribution in [2.75, 3.05) is 43.1 Å². The maximum atomic E-state index is 13.6. The predicted octanol–water partition coefficient (Wildman–Crippen LogP) is 4.34. The summed E-state index contributed by atoms with van der Waals surface area (Å²) in [4.78, 5) is 15.2. The third-order valence-corrected chi connectivity index (χ3v) is 8.26. The van der Waals surface area contributed by atoms with Crippen LogP contribution in [-0.2, 0) is 21.4 Å². The molecule has 3 aromatic carbocycles. The zero-order valence-electron chi connectivity index (χ0n) is 21.5. The number of rotatable bonds is 10. The van der Waals surface area contributed by atoms with Crippen LogP contribution in [0.25, 0.3) is 0 Å². The molecule has 3 aromatic rings. The zero-order chi connectivity index (χ0) is 27.1. The normalized spacial score (nSPS) is 13.6. The standard InChI is InChI=1S/C28H32FN3O5S/c1-36-26-15-14-25(18-27(26)37-2)38(34,35)32(24-12-8-22(29)9-13-24)20-28(33)30-19-21-6-10-23(11-7-21)31-16-4-3-5-17-31/h6-15,18H,3-5,16-17,19-20H2,1-2H3,(H,30,33). The Bertz CT molecular complexity index is 1340. The van der Waals surface area contributed by atoms with Crippen LogP contribution in [0.1, 0.15) is 24.8 Å². The van der Waals surface area contributed by atoms with E-state index >= 15 is 0 Å². The number of hydrogen-bond acceptors (Lipinski definition) is 6. The van der Waals surface area contributed by atoms with Gasteiger partial charge in [-0.3, -0.25) is 9.10 Å². The Kier molecular flexibility index (Phi) is 8.73. The summed E-state index contributed by atoms with van der Waals surface area (Å²) < 4.78 is 52.3. The molecule has 1 aliphatic heterocycles. The van der Waals surface area contributed by atoms with Crippen molar-refractivity contribution in [3.8, 4) is 11.5 Å². The van der Waals surface area contributed by atoms with Gasteiger partial charge < -0.3 is 19.7 Å². The van der Waals surface area contributed by atoms with Crippen molar-refractivity contribution < 1.29 is 27.1 Å². The molecule has 0 saturated carbocycles. The first-order chi connectivity index (χ1) is 18.3. The van der Waals surface area contributed by atoms with Gasteiger partial charge in [-0.25, -0.2) is 12.8 Å². The fourth-order valence-corrected chi connectivity index (χ4v) is 5.83. The van der Waals surface area contributed by atoms with Crippen molar-refractivity contribution in [2.24, 2.45) is 0 Å². The highest BCUT2D eigenvalue weighted by Gasteiger charge is 2.28. The number of amides is 1. The van der Waals surface area contributed by atoms with Crippen LogP contribution >= 0.6 is 0 Å². The highest BCUT2D eigenvalue weighted by Crippen LogP contribution is 2.32. The molecule has 38 heavy (non-hydrogen) atoms. The number of carbonyl (C=O) groups is 1. The van der Waals surface area contributed by atoms with Gasteiger partial charge in [0.1, 0.15) is 12.4 Å². The first-order valence-electron chi connectivity index (χ1n) is 12.4. The molecule has 0 atom stereocenters. The molecule has 1 aliphatic rings. The summed E-state index contributed by atoms with van der Waals surface area (Å²) in [6.07, 6.45) is 3.64. The average molecular weight is 542 g/mol. The van der Waals surface area contributed by atoms with Gasteiger partial charge in [0, 0.05) is 31.4 Å². The molecule has 0 radical (unpaired) electrons. The molecule has 0 spiro atoms. The van der Waals surface area contributed by atoms with Gasteiger partial charge in [0.15, 0.2) is 11.5 Å². The van der Waals surface area contributed by atoms with Crippen LogP contribution in [0.3, 0.4) is 0 Å². The van der Waals surface area contributed by atoms with Gasteiger partial charge >= 0.3 is 0 Å². The first-order valence-corrected chi connectivity index (χ1v) is 13.9. The van der Waals surface area contributed by atoms with Gasteiger partial charge in [0.2, 0.25) is 5.91 Å². The van der Waals surface area contributed by atoms with Crippen LogP contribution in [0, 0.1) is 5.82 Å². The van der Waals surface area contributed by atoms with E-state index in [1.54, 1.807) is 0 Å². The highest BCUT2D eigenvalue weighted by molar-refractivity contribution is 7.92. The Morgan fingerprint density at radius 2 is 1.58 bits per heavy atom. The van der Waals surface area contributed by atoms with Crippen molar-refractivity contribution in [2.45, 2.75) is 30.7 Å². The Morgan fingerprint density at radius 3 is 2.21 bits per heavy atom. The predicted molar refractivity (Wildman–Crippen MR) is 145 cm³/mol. The molecule has 4 rings (SSSR count). The van der Waals surface area contributed by atoms with Gasteiger partial charge in [-0.15, -0.1) is 0 Å². The first kappa shape index (κ1) is 27.3. The molecule has 0 bridgehead atoms. The number of anilines is 2. The van der Waals surface area contributed by atoms with Crippen LogP contribution in [0.2, 0.25) is 0 Å². The number of benzene rings is 3. The lowest BCUT2D eigenvalue weighted by atomic mass is 10.1. The lowest BCUT2D eigenvalue weighted by Crippen LogP contribution is -2.40. The molecular formula is C28H32FN3O5S. The molecule has 0 aliphatic carbocycles. The van der Waals surface area contributed by atoms with Crippen molar-refractivity contribution in [3.63, 3.8) is 0 Å². The SMILES string of the molecule is COc1ccc(S(=O)(=O)N(CC(=O)NCc2ccc(N3CCCCC3)cc2)c2ccc(F)cc2)cc1OC. The summed E-state index contributed by atoms with van der Waals surface area (Å²) in [6, 6.07) is 17.1. The number of sulfonamides is 1. The van der Waals surface area contributed by atoms with Crippen molar-refractivity contribution in [1.82, 2.24) is 5.32 Å². The van der Waals surface area contributed by atoms with Crippen LogP contribution in [-0.4, -0.2) is 48.2 Å². The summed E-state index contributed by atoms with van der Waals surface area (Å²) in [5.74, 6) is -0.429. The summed E-state index contributed by atoms with van der Waals surface area (Å²) in [7, 11) is -1.36. The molecule has 0 aromatic heterocycles. The van der Waals surface area contributed by atoms with Gasteiger partial charge in [0.25, 0.3) is 10.0 Å². The minimum atomic E-state index is -4.21. The molecule has 1 amide bonds. The number of halogens is 1. The van der Waals surface area contributed by atoms with Crippen molar-refractivity contribution >= 4 is 27.3 Å². The zero-order valence-corrected chi connectivity index (χ0v) is 22.3. The fraction of sp³-hybridized carbons (Fsp3) is 0.321. The molecule has 202 valence electrons. The van der Waals surface area contributed by atoms with Crippen molar-refractivity contribution in [1.29, 1.82) is 0 Å². The second kappa shape index (κ2) is 12.2. The minimum Gasteiger partial charge on any atom is -0.493 e. The number of nitrogens with one attached hydrogen (secondary N) is 1. The largest absolute Gasteiger partial charge is 0.493 e. The molecule has 1 heterocycles. The van der Waals surface area contributed by atoms with E-state index in [1.807, 2.05) is 24.3 Å². The van der Waals surface area contributed by atoms with E-state index in [0.717, 1.165) is 40.8 Å².